The summed E-state index contributed by atoms with van der Waals surface area (Å²) < 4.78 is 5.06. The molecular formula is C21H19NO4. The normalized spacial score (nSPS) is 10.5. The molecule has 5 heteroatoms. The van der Waals surface area contributed by atoms with Crippen molar-refractivity contribution in [2.75, 3.05) is 11.9 Å². The minimum absolute atomic E-state index is 0.0311. The molecule has 1 amide bonds. The van der Waals surface area contributed by atoms with E-state index in [4.69, 9.17) is 4.74 Å². The molecule has 0 aliphatic heterocycles. The quantitative estimate of drug-likeness (QED) is 0.699. The third-order valence-corrected chi connectivity index (χ3v) is 4.16. The SMILES string of the molecule is Cc1cccc(C)c1NC(=O)COC(=O)c1cc2ccccc2cc1O. The standard InChI is InChI=1S/C21H19NO4/c1-13-6-5-7-14(2)20(13)22-19(24)12-26-21(25)17-10-15-8-3-4-9-16(15)11-18(17)23/h3-11,23H,12H2,1-2H3,(H,22,24). The number of carbonyl (C=O) groups is 2. The van der Waals surface area contributed by atoms with Crippen LogP contribution < -0.4 is 5.32 Å². The Bertz CT molecular complexity index is 974. The largest absolute Gasteiger partial charge is 0.507 e. The van der Waals surface area contributed by atoms with E-state index in [2.05, 4.69) is 5.32 Å². The predicted molar refractivity (Wildman–Crippen MR) is 100 cm³/mol. The van der Waals surface area contributed by atoms with E-state index in [0.717, 1.165) is 21.9 Å². The molecular weight excluding hydrogens is 330 g/mol. The summed E-state index contributed by atoms with van der Waals surface area (Å²) >= 11 is 0. The Labute approximate surface area is 151 Å². The molecule has 0 saturated heterocycles. The molecule has 0 aliphatic carbocycles. The van der Waals surface area contributed by atoms with Gasteiger partial charge in [-0.25, -0.2) is 4.79 Å². The number of phenols is 1. The number of hydrogen-bond acceptors (Lipinski definition) is 4. The van der Waals surface area contributed by atoms with Gasteiger partial charge in [0.1, 0.15) is 11.3 Å². The molecule has 0 fully saturated rings. The first-order valence-corrected chi connectivity index (χ1v) is 8.20. The van der Waals surface area contributed by atoms with E-state index < -0.39 is 18.5 Å². The zero-order chi connectivity index (χ0) is 18.7. The van der Waals surface area contributed by atoms with Crippen LogP contribution in [0, 0.1) is 13.8 Å². The number of fused-ring (bicyclic) bond motifs is 1. The van der Waals surface area contributed by atoms with Crippen molar-refractivity contribution in [1.29, 1.82) is 0 Å². The summed E-state index contributed by atoms with van der Waals surface area (Å²) in [6, 6.07) is 16.1. The smallest absolute Gasteiger partial charge is 0.342 e. The minimum Gasteiger partial charge on any atom is -0.507 e. The van der Waals surface area contributed by atoms with E-state index >= 15 is 0 Å². The summed E-state index contributed by atoms with van der Waals surface area (Å²) in [5.41, 5.74) is 2.60. The van der Waals surface area contributed by atoms with Gasteiger partial charge >= 0.3 is 5.97 Å². The summed E-state index contributed by atoms with van der Waals surface area (Å²) in [7, 11) is 0. The van der Waals surface area contributed by atoms with Gasteiger partial charge in [0, 0.05) is 5.69 Å². The van der Waals surface area contributed by atoms with Crippen LogP contribution in [0.25, 0.3) is 10.8 Å². The summed E-state index contributed by atoms with van der Waals surface area (Å²) in [5, 5.41) is 14.4. The number of para-hydroxylation sites is 1. The predicted octanol–water partition coefficient (Wildman–Crippen LogP) is 3.96. The molecule has 0 radical (unpaired) electrons. The highest BCUT2D eigenvalue weighted by atomic mass is 16.5. The van der Waals surface area contributed by atoms with Gasteiger partial charge in [-0.2, -0.15) is 0 Å². The summed E-state index contributed by atoms with van der Waals surface area (Å²) in [5.74, 6) is -1.36. The van der Waals surface area contributed by atoms with Gasteiger partial charge in [-0.1, -0.05) is 42.5 Å². The number of anilines is 1. The lowest BCUT2D eigenvalue weighted by atomic mass is 10.1. The van der Waals surface area contributed by atoms with E-state index in [-0.39, 0.29) is 11.3 Å². The van der Waals surface area contributed by atoms with Crippen LogP contribution in [0.3, 0.4) is 0 Å². The Balaban J connectivity index is 1.69. The van der Waals surface area contributed by atoms with Crippen LogP contribution >= 0.6 is 0 Å². The molecule has 0 atom stereocenters. The molecule has 0 saturated carbocycles. The number of carbonyl (C=O) groups excluding carboxylic acids is 2. The van der Waals surface area contributed by atoms with Gasteiger partial charge in [-0.3, -0.25) is 4.79 Å². The first kappa shape index (κ1) is 17.5. The molecule has 5 nitrogen and oxygen atoms in total. The first-order chi connectivity index (χ1) is 12.5. The number of phenolic OH excluding ortho intramolecular Hbond substituents is 1. The maximum Gasteiger partial charge on any atom is 0.342 e. The van der Waals surface area contributed by atoms with Crippen molar-refractivity contribution in [3.05, 3.63) is 71.3 Å². The topological polar surface area (TPSA) is 75.6 Å². The second-order valence-electron chi connectivity index (χ2n) is 6.11. The Kier molecular flexibility index (Phi) is 4.89. The lowest BCUT2D eigenvalue weighted by Crippen LogP contribution is -2.21. The van der Waals surface area contributed by atoms with Crippen LogP contribution in [0.1, 0.15) is 21.5 Å². The van der Waals surface area contributed by atoms with Crippen molar-refractivity contribution in [1.82, 2.24) is 0 Å². The Morgan fingerprint density at radius 2 is 1.58 bits per heavy atom. The maximum atomic E-state index is 12.2. The van der Waals surface area contributed by atoms with Crippen molar-refractivity contribution in [3.63, 3.8) is 0 Å². The van der Waals surface area contributed by atoms with Crippen LogP contribution in [-0.2, 0) is 9.53 Å². The number of ether oxygens (including phenoxy) is 1. The molecule has 0 aliphatic rings. The van der Waals surface area contributed by atoms with E-state index in [1.54, 1.807) is 6.07 Å². The number of esters is 1. The molecule has 0 bridgehead atoms. The second kappa shape index (κ2) is 7.27. The van der Waals surface area contributed by atoms with Crippen LogP contribution in [0.5, 0.6) is 5.75 Å². The van der Waals surface area contributed by atoms with Gasteiger partial charge in [0.05, 0.1) is 0 Å². The molecule has 0 spiro atoms. The Morgan fingerprint density at radius 3 is 2.23 bits per heavy atom. The first-order valence-electron chi connectivity index (χ1n) is 8.20. The van der Waals surface area contributed by atoms with Crippen LogP contribution in [0.2, 0.25) is 0 Å². The number of hydrogen-bond donors (Lipinski definition) is 2. The summed E-state index contributed by atoms with van der Waals surface area (Å²) in [6.07, 6.45) is 0. The molecule has 3 rings (SSSR count). The minimum atomic E-state index is -0.745. The maximum absolute atomic E-state index is 12.2. The van der Waals surface area contributed by atoms with Gasteiger partial charge in [0.25, 0.3) is 5.91 Å². The third kappa shape index (κ3) is 3.67. The lowest BCUT2D eigenvalue weighted by Gasteiger charge is -2.12. The molecule has 3 aromatic rings. The molecule has 2 N–H and O–H groups in total. The zero-order valence-electron chi connectivity index (χ0n) is 14.6. The van der Waals surface area contributed by atoms with Gasteiger partial charge in [0.2, 0.25) is 0 Å². The van der Waals surface area contributed by atoms with Gasteiger partial charge in [-0.15, -0.1) is 0 Å². The van der Waals surface area contributed by atoms with Crippen LogP contribution in [0.15, 0.2) is 54.6 Å². The zero-order valence-corrected chi connectivity index (χ0v) is 14.6. The molecule has 0 unspecified atom stereocenters. The molecule has 132 valence electrons. The van der Waals surface area contributed by atoms with E-state index in [1.165, 1.54) is 6.07 Å². The number of benzene rings is 3. The molecule has 0 heterocycles. The average molecular weight is 349 g/mol. The Morgan fingerprint density at radius 1 is 0.962 bits per heavy atom. The third-order valence-electron chi connectivity index (χ3n) is 4.16. The van der Waals surface area contributed by atoms with Crippen molar-refractivity contribution in [3.8, 4) is 5.75 Å². The van der Waals surface area contributed by atoms with Gasteiger partial charge < -0.3 is 15.2 Å². The molecule has 0 aromatic heterocycles. The number of amides is 1. The van der Waals surface area contributed by atoms with Crippen LogP contribution in [-0.4, -0.2) is 23.6 Å². The fourth-order valence-corrected chi connectivity index (χ4v) is 2.79. The number of aryl methyl sites for hydroxylation is 2. The number of aromatic hydroxyl groups is 1. The van der Waals surface area contributed by atoms with Crippen molar-refractivity contribution in [2.24, 2.45) is 0 Å². The van der Waals surface area contributed by atoms with E-state index in [9.17, 15) is 14.7 Å². The second-order valence-corrected chi connectivity index (χ2v) is 6.11. The van der Waals surface area contributed by atoms with Gasteiger partial charge in [-0.05, 0) is 47.9 Å². The van der Waals surface area contributed by atoms with Crippen molar-refractivity contribution >= 4 is 28.3 Å². The Hall–Kier alpha value is -3.34. The highest BCUT2D eigenvalue weighted by Crippen LogP contribution is 2.25. The highest BCUT2D eigenvalue weighted by Gasteiger charge is 2.16. The molecule has 26 heavy (non-hydrogen) atoms. The van der Waals surface area contributed by atoms with Gasteiger partial charge in [0.15, 0.2) is 6.61 Å². The molecule has 3 aromatic carbocycles. The van der Waals surface area contributed by atoms with E-state index in [0.29, 0.717) is 5.69 Å². The van der Waals surface area contributed by atoms with Crippen molar-refractivity contribution < 1.29 is 19.4 Å². The number of rotatable bonds is 4. The van der Waals surface area contributed by atoms with Crippen molar-refractivity contribution in [2.45, 2.75) is 13.8 Å². The average Bonchev–Trinajstić information content (AvgIpc) is 2.62. The fraction of sp³-hybridized carbons (Fsp3) is 0.143. The summed E-state index contributed by atoms with van der Waals surface area (Å²) in [4.78, 5) is 24.3. The van der Waals surface area contributed by atoms with Crippen LogP contribution in [0.4, 0.5) is 5.69 Å². The summed E-state index contributed by atoms with van der Waals surface area (Å²) in [6.45, 7) is 3.35. The fourth-order valence-electron chi connectivity index (χ4n) is 2.79. The lowest BCUT2D eigenvalue weighted by molar-refractivity contribution is -0.119. The highest BCUT2D eigenvalue weighted by molar-refractivity contribution is 6.00. The number of nitrogens with one attached hydrogen (secondary N) is 1. The monoisotopic (exact) mass is 349 g/mol. The van der Waals surface area contributed by atoms with E-state index in [1.807, 2.05) is 56.3 Å².